The summed E-state index contributed by atoms with van der Waals surface area (Å²) in [6.07, 6.45) is 2.08. The summed E-state index contributed by atoms with van der Waals surface area (Å²) >= 11 is 7.13. The van der Waals surface area contributed by atoms with Crippen molar-refractivity contribution in [3.8, 4) is 6.07 Å². The minimum absolute atomic E-state index is 0.320. The molecule has 0 spiro atoms. The van der Waals surface area contributed by atoms with Gasteiger partial charge in [0.1, 0.15) is 0 Å². The number of hydrogen-bond donors (Lipinski definition) is 1. The third kappa shape index (κ3) is 2.24. The molecule has 0 bridgehead atoms. The van der Waals surface area contributed by atoms with Crippen LogP contribution in [-0.2, 0) is 0 Å². The van der Waals surface area contributed by atoms with E-state index in [2.05, 4.69) is 28.8 Å². The van der Waals surface area contributed by atoms with Crippen molar-refractivity contribution in [3.63, 3.8) is 0 Å². The van der Waals surface area contributed by atoms with Crippen LogP contribution >= 0.6 is 24.0 Å². The maximum Gasteiger partial charge on any atom is 0.178 e. The van der Waals surface area contributed by atoms with Crippen molar-refractivity contribution in [2.45, 2.75) is 13.0 Å². The number of aromatic amines is 1. The van der Waals surface area contributed by atoms with Crippen LogP contribution in [0.1, 0.15) is 18.5 Å². The van der Waals surface area contributed by atoms with E-state index in [0.29, 0.717) is 11.6 Å². The lowest BCUT2D eigenvalue weighted by atomic mass is 10.2. The van der Waals surface area contributed by atoms with Crippen molar-refractivity contribution in [1.29, 1.82) is 5.26 Å². The lowest BCUT2D eigenvalue weighted by Crippen LogP contribution is -2.07. The highest BCUT2D eigenvalue weighted by atomic mass is 32.2. The van der Waals surface area contributed by atoms with Crippen LogP contribution in [0, 0.1) is 16.1 Å². The van der Waals surface area contributed by atoms with Crippen molar-refractivity contribution in [2.75, 3.05) is 12.0 Å². The number of nitrogens with zero attached hydrogens (tertiary/aromatic N) is 2. The van der Waals surface area contributed by atoms with E-state index < -0.39 is 0 Å². The molecule has 3 nitrogen and oxygen atoms in total. The molecule has 2 aromatic rings. The number of aromatic nitrogens is 2. The van der Waals surface area contributed by atoms with E-state index in [4.69, 9.17) is 17.5 Å². The molecule has 0 aliphatic heterocycles. The SMILES string of the molecule is CSCC(C)n1c(=S)[nH]c2ccc(C#N)cc21. The summed E-state index contributed by atoms with van der Waals surface area (Å²) in [6.45, 7) is 2.14. The van der Waals surface area contributed by atoms with Gasteiger partial charge in [-0.3, -0.25) is 0 Å². The molecule has 1 aromatic carbocycles. The van der Waals surface area contributed by atoms with Gasteiger partial charge in [-0.1, -0.05) is 0 Å². The third-order valence-corrected chi connectivity index (χ3v) is 3.81. The van der Waals surface area contributed by atoms with E-state index >= 15 is 0 Å². The molecule has 1 atom stereocenters. The number of thioether (sulfide) groups is 1. The summed E-state index contributed by atoms with van der Waals surface area (Å²) in [6, 6.07) is 8.08. The van der Waals surface area contributed by atoms with Crippen LogP contribution in [0.2, 0.25) is 0 Å². The van der Waals surface area contributed by atoms with Gasteiger partial charge in [-0.15, -0.1) is 0 Å². The smallest absolute Gasteiger partial charge is 0.178 e. The summed E-state index contributed by atoms with van der Waals surface area (Å²) < 4.78 is 2.80. The second-order valence-corrected chi connectivity index (χ2v) is 5.25. The molecule has 2 rings (SSSR count). The van der Waals surface area contributed by atoms with Crippen LogP contribution in [0.25, 0.3) is 11.0 Å². The van der Waals surface area contributed by atoms with E-state index in [1.54, 1.807) is 17.8 Å². The van der Waals surface area contributed by atoms with Gasteiger partial charge in [-0.25, -0.2) is 0 Å². The molecule has 0 radical (unpaired) electrons. The summed E-state index contributed by atoms with van der Waals surface area (Å²) in [4.78, 5) is 3.18. The fraction of sp³-hybridized carbons (Fsp3) is 0.333. The van der Waals surface area contributed by atoms with Crippen LogP contribution in [0.5, 0.6) is 0 Å². The standard InChI is InChI=1S/C12H13N3S2/c1-8(7-17-2)15-11-5-9(6-13)3-4-10(11)14-12(15)16/h3-5,8H,7H2,1-2H3,(H,14,16). The highest BCUT2D eigenvalue weighted by molar-refractivity contribution is 7.98. The molecule has 1 aromatic heterocycles. The van der Waals surface area contributed by atoms with Gasteiger partial charge in [0.15, 0.2) is 4.77 Å². The number of benzene rings is 1. The zero-order chi connectivity index (χ0) is 12.4. The molecule has 0 amide bonds. The number of nitriles is 1. The average Bonchev–Trinajstić information content (AvgIpc) is 2.64. The second kappa shape index (κ2) is 4.94. The van der Waals surface area contributed by atoms with Crippen LogP contribution in [0.3, 0.4) is 0 Å². The van der Waals surface area contributed by atoms with Crippen molar-refractivity contribution in [3.05, 3.63) is 28.5 Å². The van der Waals surface area contributed by atoms with E-state index in [1.165, 1.54) is 0 Å². The van der Waals surface area contributed by atoms with Gasteiger partial charge in [0.2, 0.25) is 0 Å². The first-order valence-corrected chi connectivity index (χ1v) is 7.11. The van der Waals surface area contributed by atoms with Crippen LogP contribution in [0.4, 0.5) is 0 Å². The molecule has 0 aliphatic rings. The number of H-pyrrole nitrogens is 1. The minimum atomic E-state index is 0.320. The monoisotopic (exact) mass is 263 g/mol. The van der Waals surface area contributed by atoms with E-state index in [9.17, 15) is 0 Å². The fourth-order valence-electron chi connectivity index (χ4n) is 1.94. The predicted octanol–water partition coefficient (Wildman–Crippen LogP) is 3.49. The van der Waals surface area contributed by atoms with Gasteiger partial charge in [0.25, 0.3) is 0 Å². The van der Waals surface area contributed by atoms with Crippen LogP contribution in [0.15, 0.2) is 18.2 Å². The van der Waals surface area contributed by atoms with Gasteiger partial charge in [-0.2, -0.15) is 17.0 Å². The molecule has 17 heavy (non-hydrogen) atoms. The van der Waals surface area contributed by atoms with Gasteiger partial charge < -0.3 is 9.55 Å². The Morgan fingerprint density at radius 3 is 3.00 bits per heavy atom. The van der Waals surface area contributed by atoms with E-state index in [0.717, 1.165) is 21.6 Å². The normalized spacial score (nSPS) is 12.5. The van der Waals surface area contributed by atoms with Crippen LogP contribution in [-0.4, -0.2) is 21.6 Å². The van der Waals surface area contributed by atoms with E-state index in [-0.39, 0.29) is 0 Å². The Morgan fingerprint density at radius 2 is 2.35 bits per heavy atom. The first kappa shape index (κ1) is 12.2. The zero-order valence-corrected chi connectivity index (χ0v) is 11.4. The molecular formula is C12H13N3S2. The largest absolute Gasteiger partial charge is 0.331 e. The molecule has 0 saturated carbocycles. The maximum atomic E-state index is 8.94. The zero-order valence-electron chi connectivity index (χ0n) is 9.73. The first-order valence-electron chi connectivity index (χ1n) is 5.30. The van der Waals surface area contributed by atoms with Gasteiger partial charge >= 0.3 is 0 Å². The lowest BCUT2D eigenvalue weighted by Gasteiger charge is -2.12. The lowest BCUT2D eigenvalue weighted by molar-refractivity contribution is 0.620. The molecule has 5 heteroatoms. The fourth-order valence-corrected chi connectivity index (χ4v) is 2.96. The number of nitrogens with one attached hydrogen (secondary N) is 1. The molecule has 0 saturated heterocycles. The highest BCUT2D eigenvalue weighted by Crippen LogP contribution is 2.22. The summed E-state index contributed by atoms with van der Waals surface area (Å²) in [7, 11) is 0. The predicted molar refractivity (Wildman–Crippen MR) is 74.9 cm³/mol. The molecule has 1 heterocycles. The highest BCUT2D eigenvalue weighted by Gasteiger charge is 2.11. The minimum Gasteiger partial charge on any atom is -0.331 e. The Bertz CT molecular complexity index is 633. The van der Waals surface area contributed by atoms with Gasteiger partial charge in [0, 0.05) is 11.8 Å². The van der Waals surface area contributed by atoms with Crippen molar-refractivity contribution in [1.82, 2.24) is 9.55 Å². The molecule has 88 valence electrons. The molecule has 0 aliphatic carbocycles. The van der Waals surface area contributed by atoms with Crippen molar-refractivity contribution >= 4 is 35.0 Å². The Morgan fingerprint density at radius 1 is 1.59 bits per heavy atom. The maximum absolute atomic E-state index is 8.94. The summed E-state index contributed by atoms with van der Waals surface area (Å²) in [5.41, 5.74) is 2.66. The van der Waals surface area contributed by atoms with Crippen molar-refractivity contribution in [2.24, 2.45) is 0 Å². The number of fused-ring (bicyclic) bond motifs is 1. The number of hydrogen-bond acceptors (Lipinski definition) is 3. The Balaban J connectivity index is 2.65. The quantitative estimate of drug-likeness (QED) is 0.862. The van der Waals surface area contributed by atoms with E-state index in [1.807, 2.05) is 12.1 Å². The van der Waals surface area contributed by atoms with Crippen LogP contribution < -0.4 is 0 Å². The molecular weight excluding hydrogens is 250 g/mol. The number of imidazole rings is 1. The van der Waals surface area contributed by atoms with Crippen molar-refractivity contribution < 1.29 is 0 Å². The Kier molecular flexibility index (Phi) is 3.55. The molecule has 1 unspecified atom stereocenters. The Hall–Kier alpha value is -1.25. The van der Waals surface area contributed by atoms with Gasteiger partial charge in [0.05, 0.1) is 22.7 Å². The van der Waals surface area contributed by atoms with Gasteiger partial charge in [-0.05, 0) is 43.6 Å². The topological polar surface area (TPSA) is 44.5 Å². The first-order chi connectivity index (χ1) is 8.17. The molecule has 0 fully saturated rings. The average molecular weight is 263 g/mol. The molecule has 1 N–H and O–H groups in total. The Labute approximate surface area is 109 Å². The third-order valence-electron chi connectivity index (χ3n) is 2.70. The number of rotatable bonds is 3. The second-order valence-electron chi connectivity index (χ2n) is 3.95. The summed E-state index contributed by atoms with van der Waals surface area (Å²) in [5, 5.41) is 8.94. The summed E-state index contributed by atoms with van der Waals surface area (Å²) in [5.74, 6) is 0.998.